The van der Waals surface area contributed by atoms with E-state index in [0.29, 0.717) is 25.0 Å². The van der Waals surface area contributed by atoms with Gasteiger partial charge in [-0.2, -0.15) is 11.8 Å². The quantitative estimate of drug-likeness (QED) is 0.113. The van der Waals surface area contributed by atoms with Gasteiger partial charge in [0.1, 0.15) is 42.3 Å². The Morgan fingerprint density at radius 3 is 1.91 bits per heavy atom. The summed E-state index contributed by atoms with van der Waals surface area (Å²) in [5.74, 6) is -6.37. The molecule has 326 valence electrons. The maximum absolute atomic E-state index is 14.3. The number of amides is 9. The summed E-state index contributed by atoms with van der Waals surface area (Å²) in [6, 6.07) is -8.27. The molecule has 3 rings (SSSR count). The molecule has 0 aromatic rings. The topological polar surface area (TPSA) is 279 Å². The number of hydrogen-bond donors (Lipinski definition) is 8. The number of aliphatic hydroxyl groups excluding tert-OH is 1. The number of nitrogens with one attached hydrogen (secondary N) is 6. The van der Waals surface area contributed by atoms with E-state index in [-0.39, 0.29) is 57.5 Å². The van der Waals surface area contributed by atoms with Crippen molar-refractivity contribution < 1.29 is 48.3 Å². The van der Waals surface area contributed by atoms with E-state index in [1.807, 2.05) is 20.1 Å². The highest BCUT2D eigenvalue weighted by Crippen LogP contribution is 2.27. The Balaban J connectivity index is 2.07. The molecule has 20 heteroatoms. The first-order chi connectivity index (χ1) is 27.4. The third-order valence-corrected chi connectivity index (χ3v) is 11.5. The van der Waals surface area contributed by atoms with E-state index in [1.54, 1.807) is 13.8 Å². The number of primary amides is 1. The summed E-state index contributed by atoms with van der Waals surface area (Å²) >= 11 is 1.41. The molecule has 0 radical (unpaired) electrons. The average molecular weight is 838 g/mol. The van der Waals surface area contributed by atoms with Crippen LogP contribution in [-0.4, -0.2) is 148 Å². The molecule has 58 heavy (non-hydrogen) atoms. The smallest absolute Gasteiger partial charge is 0.246 e. The number of fused-ring (bicyclic) bond motifs is 2. The van der Waals surface area contributed by atoms with Crippen LogP contribution in [0.4, 0.5) is 0 Å². The maximum Gasteiger partial charge on any atom is 0.246 e. The zero-order valence-corrected chi connectivity index (χ0v) is 35.3. The molecule has 0 spiro atoms. The Morgan fingerprint density at radius 1 is 0.741 bits per heavy atom. The summed E-state index contributed by atoms with van der Waals surface area (Å²) in [4.78, 5) is 125. The number of nitrogens with zero attached hydrogens (tertiary/aromatic N) is 2. The minimum Gasteiger partial charge on any atom is -0.391 e. The standard InChI is InChI=1S/C38H63N9O10S/c1-7-21(4)30-36(55)45-31(22(5)48)35(54)40-19-29(50)41-25(18-20(2)3)33(52)42-23(14-17-58-6)32(51)43-24(12-13-28(39)49)37(56)47-16-9-11-27(47)38(57)46-15-8-10-26(46)34(53)44-30/h20-27,30-31,48H,7-19H2,1-6H3,(H2,39,49)(H,40,54)(H,41,50)(H,42,52)(H,43,51)(H,44,53)(H,45,55)/t21-,22+,23-,24-,25-,26-,27-,30-,31-/m0/s1. The van der Waals surface area contributed by atoms with Gasteiger partial charge < -0.3 is 52.5 Å². The summed E-state index contributed by atoms with van der Waals surface area (Å²) in [5, 5.41) is 26.2. The highest BCUT2D eigenvalue weighted by molar-refractivity contribution is 7.98. The lowest BCUT2D eigenvalue weighted by Gasteiger charge is -2.34. The van der Waals surface area contributed by atoms with Crippen molar-refractivity contribution in [3.63, 3.8) is 0 Å². The number of nitrogens with two attached hydrogens (primary N) is 1. The van der Waals surface area contributed by atoms with Gasteiger partial charge >= 0.3 is 0 Å². The van der Waals surface area contributed by atoms with Crippen LogP contribution in [0, 0.1) is 11.8 Å². The Kier molecular flexibility index (Phi) is 18.7. The third kappa shape index (κ3) is 13.3. The van der Waals surface area contributed by atoms with Gasteiger partial charge in [0, 0.05) is 19.5 Å². The van der Waals surface area contributed by atoms with E-state index in [0.717, 1.165) is 0 Å². The molecular weight excluding hydrogens is 775 g/mol. The minimum absolute atomic E-state index is 0.104. The van der Waals surface area contributed by atoms with Gasteiger partial charge in [-0.15, -0.1) is 0 Å². The number of aliphatic hydroxyl groups is 1. The van der Waals surface area contributed by atoms with E-state index in [1.165, 1.54) is 28.5 Å². The first-order valence-corrected chi connectivity index (χ1v) is 21.6. The fraction of sp³-hybridized carbons (Fsp3) is 0.763. The van der Waals surface area contributed by atoms with Crippen LogP contribution in [0.15, 0.2) is 0 Å². The van der Waals surface area contributed by atoms with Crippen molar-refractivity contribution in [2.45, 2.75) is 141 Å². The van der Waals surface area contributed by atoms with Crippen molar-refractivity contribution in [2.75, 3.05) is 31.6 Å². The van der Waals surface area contributed by atoms with Crippen LogP contribution < -0.4 is 37.6 Å². The van der Waals surface area contributed by atoms with Crippen LogP contribution in [0.2, 0.25) is 0 Å². The van der Waals surface area contributed by atoms with Crippen LogP contribution in [0.3, 0.4) is 0 Å². The van der Waals surface area contributed by atoms with E-state index in [2.05, 4.69) is 31.9 Å². The zero-order chi connectivity index (χ0) is 43.3. The van der Waals surface area contributed by atoms with Crippen LogP contribution in [0.1, 0.15) is 92.4 Å². The van der Waals surface area contributed by atoms with Crippen molar-refractivity contribution in [1.82, 2.24) is 41.7 Å². The molecule has 9 atom stereocenters. The van der Waals surface area contributed by atoms with Gasteiger partial charge in [-0.05, 0) is 75.7 Å². The van der Waals surface area contributed by atoms with E-state index in [4.69, 9.17) is 5.73 Å². The van der Waals surface area contributed by atoms with Crippen molar-refractivity contribution in [3.05, 3.63) is 0 Å². The van der Waals surface area contributed by atoms with Crippen LogP contribution in [0.25, 0.3) is 0 Å². The summed E-state index contributed by atoms with van der Waals surface area (Å²) in [5.41, 5.74) is 5.44. The molecule has 0 aromatic heterocycles. The lowest BCUT2D eigenvalue weighted by atomic mass is 9.97. The second kappa shape index (κ2) is 22.6. The van der Waals surface area contributed by atoms with E-state index in [9.17, 15) is 48.3 Å². The molecule has 3 fully saturated rings. The van der Waals surface area contributed by atoms with E-state index < -0.39 is 114 Å². The van der Waals surface area contributed by atoms with Crippen molar-refractivity contribution in [2.24, 2.45) is 17.6 Å². The molecule has 9 amide bonds. The highest BCUT2D eigenvalue weighted by atomic mass is 32.2. The van der Waals surface area contributed by atoms with Crippen molar-refractivity contribution in [3.8, 4) is 0 Å². The van der Waals surface area contributed by atoms with Crippen LogP contribution in [-0.2, 0) is 43.2 Å². The van der Waals surface area contributed by atoms with Crippen LogP contribution >= 0.6 is 11.8 Å². The molecule has 19 nitrogen and oxygen atoms in total. The molecule has 9 N–H and O–H groups in total. The number of rotatable bonds is 11. The molecule has 0 saturated carbocycles. The molecule has 3 aliphatic rings. The first-order valence-electron chi connectivity index (χ1n) is 20.2. The van der Waals surface area contributed by atoms with Gasteiger partial charge in [-0.1, -0.05) is 34.1 Å². The summed E-state index contributed by atoms with van der Waals surface area (Å²) < 4.78 is 0. The Labute approximate surface area is 344 Å². The Bertz CT molecular complexity index is 1530. The zero-order valence-electron chi connectivity index (χ0n) is 34.5. The number of thioether (sulfide) groups is 1. The van der Waals surface area contributed by atoms with Gasteiger partial charge in [0.25, 0.3) is 0 Å². The van der Waals surface area contributed by atoms with Gasteiger partial charge in [0.15, 0.2) is 0 Å². The number of carbonyl (C=O) groups is 9. The number of hydrogen-bond acceptors (Lipinski definition) is 11. The molecule has 3 saturated heterocycles. The summed E-state index contributed by atoms with van der Waals surface area (Å²) in [6.07, 6.45) is 2.17. The van der Waals surface area contributed by atoms with E-state index >= 15 is 0 Å². The second-order valence-corrected chi connectivity index (χ2v) is 16.8. The largest absolute Gasteiger partial charge is 0.391 e. The third-order valence-electron chi connectivity index (χ3n) is 10.8. The normalized spacial score (nSPS) is 28.6. The first kappa shape index (κ1) is 47.9. The van der Waals surface area contributed by atoms with Gasteiger partial charge in [0.2, 0.25) is 53.2 Å². The summed E-state index contributed by atoms with van der Waals surface area (Å²) in [7, 11) is 0. The van der Waals surface area contributed by atoms with Crippen molar-refractivity contribution in [1.29, 1.82) is 0 Å². The molecule has 0 aromatic carbocycles. The molecule has 0 aliphatic carbocycles. The fourth-order valence-corrected chi connectivity index (χ4v) is 7.87. The predicted octanol–water partition coefficient (Wildman–Crippen LogP) is -1.99. The maximum atomic E-state index is 14.3. The second-order valence-electron chi connectivity index (χ2n) is 15.9. The monoisotopic (exact) mass is 837 g/mol. The molecule has 0 unspecified atom stereocenters. The molecular formula is C38H63N9O10S. The molecule has 3 heterocycles. The van der Waals surface area contributed by atoms with Gasteiger partial charge in [-0.25, -0.2) is 0 Å². The van der Waals surface area contributed by atoms with Gasteiger partial charge in [-0.3, -0.25) is 43.2 Å². The highest BCUT2D eigenvalue weighted by Gasteiger charge is 2.45. The average Bonchev–Trinajstić information content (AvgIpc) is 3.87. The Hall–Kier alpha value is -4.46. The van der Waals surface area contributed by atoms with Crippen molar-refractivity contribution >= 4 is 64.9 Å². The SMILES string of the molecule is CC[C@H](C)[C@@H]1NC(=O)[C@@H]2CCCN2C(=O)[C@@H]2CCCN2C(=O)[C@H](CCC(N)=O)NC(=O)[C@H](CCSC)NC(=O)[C@H](CC(C)C)NC(=O)CNC(=O)[C@H]([C@@H](C)O)NC1=O. The fourth-order valence-electron chi connectivity index (χ4n) is 7.40. The lowest BCUT2D eigenvalue weighted by molar-refractivity contribution is -0.148. The predicted molar refractivity (Wildman–Crippen MR) is 214 cm³/mol. The van der Waals surface area contributed by atoms with Gasteiger partial charge in [0.05, 0.1) is 12.6 Å². The molecule has 3 aliphatic heterocycles. The summed E-state index contributed by atoms with van der Waals surface area (Å²) in [6.45, 7) is 8.21. The Morgan fingerprint density at radius 2 is 1.33 bits per heavy atom. The molecule has 0 bridgehead atoms. The van der Waals surface area contributed by atoms with Crippen LogP contribution in [0.5, 0.6) is 0 Å². The minimum atomic E-state index is -1.53. The number of carbonyl (C=O) groups excluding carboxylic acids is 9. The lowest BCUT2D eigenvalue weighted by Crippen LogP contribution is -2.62.